The first-order valence-corrected chi connectivity index (χ1v) is 6.41. The Labute approximate surface area is 72.7 Å². The zero-order chi connectivity index (χ0) is 8.20. The van der Waals surface area contributed by atoms with E-state index < -0.39 is 0 Å². The molecule has 0 saturated heterocycles. The van der Waals surface area contributed by atoms with Crippen LogP contribution >= 0.6 is 0 Å². The Morgan fingerprint density at radius 2 is 2.20 bits per heavy atom. The molecule has 0 aliphatic carbocycles. The maximum absolute atomic E-state index is 11.3. The quantitative estimate of drug-likeness (QED) is 0.102. The molecule has 4 nitrogen and oxygen atoms in total. The van der Waals surface area contributed by atoms with Crippen LogP contribution in [-0.4, -0.2) is 29.8 Å². The van der Waals surface area contributed by atoms with E-state index in [1.54, 1.807) is 7.05 Å². The van der Waals surface area contributed by atoms with Gasteiger partial charge in [0.2, 0.25) is 0 Å². The first-order valence-electron chi connectivity index (χ1n) is 3.18. The van der Waals surface area contributed by atoms with Crippen molar-refractivity contribution in [1.82, 2.24) is 0 Å². The number of rotatable bonds is 4. The Kier molecular flexibility index (Phi) is 4.70. The van der Waals surface area contributed by atoms with E-state index in [4.69, 9.17) is 5.84 Å². The van der Waals surface area contributed by atoms with E-state index >= 15 is 0 Å². The molecule has 0 fully saturated rings. The Hall–Kier alpha value is 0.570. The minimum atomic E-state index is -0.223. The molecular weight excluding hydrogens is 245 g/mol. The molecule has 2 atom stereocenters. The third-order valence-electron chi connectivity index (χ3n) is 1.40. The van der Waals surface area contributed by atoms with E-state index in [1.807, 2.05) is 6.92 Å². The second-order valence-corrected chi connectivity index (χ2v) is 4.87. The summed E-state index contributed by atoms with van der Waals surface area (Å²) in [5.41, 5.74) is 0. The molecule has 3 N–H and O–H groups in total. The fourth-order valence-corrected chi connectivity index (χ4v) is 1.55. The van der Waals surface area contributed by atoms with Gasteiger partial charge in [-0.05, 0) is 0 Å². The molecule has 0 aliphatic rings. The Bertz CT molecular complexity index is 98.9. The molecule has 5 heteroatoms. The van der Waals surface area contributed by atoms with E-state index in [2.05, 4.69) is 4.93 Å². The maximum atomic E-state index is 11.3. The number of nitrogens with one attached hydrogen (secondary N) is 1. The molecule has 0 spiro atoms. The standard InChI is InChI=1S/C5H16IN3O/c1-4-9(3,10)5-8(7)6-2/h8H,4-5,7H2,1-3H3. The average molecular weight is 261 g/mol. The van der Waals surface area contributed by atoms with Crippen LogP contribution in [0.25, 0.3) is 0 Å². The normalized spacial score (nSPS) is 20.5. The monoisotopic (exact) mass is 261 g/mol. The van der Waals surface area contributed by atoms with Gasteiger partial charge in [0.15, 0.2) is 0 Å². The molecule has 0 saturated carbocycles. The summed E-state index contributed by atoms with van der Waals surface area (Å²) in [5.74, 6) is 5.58. The van der Waals surface area contributed by atoms with Gasteiger partial charge in [-0.2, -0.15) is 0 Å². The van der Waals surface area contributed by atoms with Crippen molar-refractivity contribution in [2.24, 2.45) is 5.84 Å². The SMILES string of the molecule is CC[N+](C)([O-])C[NH+](N)[I-]C. The number of halogens is 1. The Morgan fingerprint density at radius 3 is 2.50 bits per heavy atom. The van der Waals surface area contributed by atoms with Gasteiger partial charge in [-0.3, -0.25) is 0 Å². The third kappa shape index (κ3) is 4.40. The first-order chi connectivity index (χ1) is 4.52. The van der Waals surface area contributed by atoms with Crippen LogP contribution in [0, 0.1) is 5.21 Å². The number of nitrogens with zero attached hydrogens (tertiary/aromatic N) is 1. The van der Waals surface area contributed by atoms with Gasteiger partial charge in [-0.25, -0.2) is 0 Å². The van der Waals surface area contributed by atoms with Gasteiger partial charge in [0.1, 0.15) is 0 Å². The molecule has 0 bridgehead atoms. The van der Waals surface area contributed by atoms with Gasteiger partial charge in [0.25, 0.3) is 0 Å². The van der Waals surface area contributed by atoms with Crippen LogP contribution in [-0.2, 0) is 0 Å². The molecule has 0 heterocycles. The Morgan fingerprint density at radius 1 is 1.70 bits per heavy atom. The molecule has 0 aliphatic heterocycles. The molecule has 0 aromatic heterocycles. The van der Waals surface area contributed by atoms with Crippen molar-refractivity contribution in [2.45, 2.75) is 6.92 Å². The van der Waals surface area contributed by atoms with Crippen molar-refractivity contribution in [3.63, 3.8) is 0 Å². The number of alkyl halides is 1. The van der Waals surface area contributed by atoms with Crippen molar-refractivity contribution in [2.75, 3.05) is 25.2 Å². The zero-order valence-corrected chi connectivity index (χ0v) is 8.88. The van der Waals surface area contributed by atoms with Gasteiger partial charge in [0.05, 0.1) is 0 Å². The van der Waals surface area contributed by atoms with Crippen molar-refractivity contribution >= 4 is 0 Å². The summed E-state index contributed by atoms with van der Waals surface area (Å²) < 4.78 is 0.678. The first kappa shape index (κ1) is 10.6. The summed E-state index contributed by atoms with van der Waals surface area (Å²) in [6, 6.07) is 0. The van der Waals surface area contributed by atoms with E-state index in [0.29, 0.717) is 13.2 Å². The molecular formula is C5H16IN3O. The van der Waals surface area contributed by atoms with Gasteiger partial charge in [-0.15, -0.1) is 0 Å². The predicted octanol–water partition coefficient (Wildman–Crippen LogP) is -4.70. The second-order valence-electron chi connectivity index (χ2n) is 2.41. The zero-order valence-electron chi connectivity index (χ0n) is 6.72. The number of quaternary nitrogens is 2. The van der Waals surface area contributed by atoms with Gasteiger partial charge in [0, 0.05) is 0 Å². The van der Waals surface area contributed by atoms with Crippen molar-refractivity contribution in [3.05, 3.63) is 5.21 Å². The van der Waals surface area contributed by atoms with Crippen LogP contribution in [0.2, 0.25) is 0 Å². The topological polar surface area (TPSA) is 53.5 Å². The van der Waals surface area contributed by atoms with Gasteiger partial charge >= 0.3 is 72.5 Å². The molecule has 0 amide bonds. The number of nitrogens with two attached hydrogens (primary N) is 1. The molecule has 0 aromatic rings. The Balaban J connectivity index is 3.64. The summed E-state index contributed by atoms with van der Waals surface area (Å²) in [7, 11) is 1.66. The predicted molar refractivity (Wildman–Crippen MR) is 36.0 cm³/mol. The fourth-order valence-electron chi connectivity index (χ4n) is 0.491. The molecule has 0 rings (SSSR count). The average Bonchev–Trinajstić information content (AvgIpc) is 1.87. The van der Waals surface area contributed by atoms with Crippen LogP contribution in [0.5, 0.6) is 0 Å². The van der Waals surface area contributed by atoms with Crippen molar-refractivity contribution < 1.29 is 29.3 Å². The van der Waals surface area contributed by atoms with E-state index in [1.165, 1.54) is 0 Å². The third-order valence-corrected chi connectivity index (χ3v) is 3.12. The van der Waals surface area contributed by atoms with Crippen molar-refractivity contribution in [1.29, 1.82) is 0 Å². The second kappa shape index (κ2) is 4.45. The van der Waals surface area contributed by atoms with Gasteiger partial charge < -0.3 is 0 Å². The summed E-state index contributed by atoms with van der Waals surface area (Å²) >= 11 is -0.0486. The summed E-state index contributed by atoms with van der Waals surface area (Å²) in [5, 5.41) is 11.3. The van der Waals surface area contributed by atoms with Gasteiger partial charge in [-0.1, -0.05) is 0 Å². The number of hydrogen-bond donors (Lipinski definition) is 2. The molecule has 2 unspecified atom stereocenters. The van der Waals surface area contributed by atoms with E-state index in [9.17, 15) is 5.21 Å². The molecule has 10 heavy (non-hydrogen) atoms. The van der Waals surface area contributed by atoms with E-state index in [0.717, 1.165) is 3.22 Å². The van der Waals surface area contributed by atoms with Crippen LogP contribution in [0.3, 0.4) is 0 Å². The number of hydroxylamine groups is 3. The van der Waals surface area contributed by atoms with Crippen LogP contribution in [0.1, 0.15) is 6.92 Å². The summed E-state index contributed by atoms with van der Waals surface area (Å²) in [6.07, 6.45) is 0. The van der Waals surface area contributed by atoms with Crippen LogP contribution in [0.15, 0.2) is 0 Å². The van der Waals surface area contributed by atoms with Crippen LogP contribution in [0.4, 0.5) is 0 Å². The number of hydrogen-bond acceptors (Lipinski definition) is 2. The van der Waals surface area contributed by atoms with Crippen LogP contribution < -0.4 is 30.5 Å². The summed E-state index contributed by atoms with van der Waals surface area (Å²) in [4.78, 5) is 2.07. The summed E-state index contributed by atoms with van der Waals surface area (Å²) in [6.45, 7) is 2.99. The molecule has 64 valence electrons. The van der Waals surface area contributed by atoms with E-state index in [-0.39, 0.29) is 26.1 Å². The molecule has 0 radical (unpaired) electrons. The fraction of sp³-hybridized carbons (Fsp3) is 1.00. The van der Waals surface area contributed by atoms with Crippen molar-refractivity contribution in [3.8, 4) is 0 Å². The molecule has 0 aromatic carbocycles. The minimum absolute atomic E-state index is 0.0486.